The van der Waals surface area contributed by atoms with E-state index in [-0.39, 0.29) is 25.3 Å². The van der Waals surface area contributed by atoms with Gasteiger partial charge in [0, 0.05) is 13.0 Å². The molecule has 0 unspecified atom stereocenters. The van der Waals surface area contributed by atoms with E-state index >= 15 is 0 Å². The van der Waals surface area contributed by atoms with Crippen LogP contribution in [0.25, 0.3) is 0 Å². The number of amides is 1. The predicted octanol–water partition coefficient (Wildman–Crippen LogP) is 2.34. The number of halogens is 3. The highest BCUT2D eigenvalue weighted by atomic mass is 19.4. The summed E-state index contributed by atoms with van der Waals surface area (Å²) < 4.78 is 35.6. The van der Waals surface area contributed by atoms with E-state index in [4.69, 9.17) is 5.11 Å². The van der Waals surface area contributed by atoms with Gasteiger partial charge in [-0.25, -0.2) is 0 Å². The van der Waals surface area contributed by atoms with Crippen LogP contribution in [-0.4, -0.2) is 29.7 Å². The first-order valence-corrected chi connectivity index (χ1v) is 6.38. The van der Waals surface area contributed by atoms with Crippen LogP contribution in [0.15, 0.2) is 0 Å². The molecule has 0 spiro atoms. The van der Waals surface area contributed by atoms with Gasteiger partial charge in [0.1, 0.15) is 0 Å². The molecule has 1 aliphatic carbocycles. The molecule has 1 aliphatic rings. The Morgan fingerprint density at radius 2 is 1.79 bits per heavy atom. The molecule has 2 atom stereocenters. The average Bonchev–Trinajstić information content (AvgIpc) is 2.75. The molecule has 0 heterocycles. The Hall–Kier alpha value is -1.27. The molecular weight excluding hydrogens is 263 g/mol. The Kier molecular flexibility index (Phi) is 5.62. The van der Waals surface area contributed by atoms with Gasteiger partial charge in [0.25, 0.3) is 0 Å². The second-order valence-electron chi connectivity index (χ2n) is 4.85. The zero-order chi connectivity index (χ0) is 14.5. The molecule has 7 heteroatoms. The number of rotatable bonds is 6. The van der Waals surface area contributed by atoms with Crippen molar-refractivity contribution in [1.29, 1.82) is 0 Å². The summed E-state index contributed by atoms with van der Waals surface area (Å²) in [4.78, 5) is 22.6. The second kappa shape index (κ2) is 6.77. The largest absolute Gasteiger partial charge is 0.481 e. The fraction of sp³-hybridized carbons (Fsp3) is 0.833. The highest BCUT2D eigenvalue weighted by Gasteiger charge is 2.37. The minimum atomic E-state index is -4.16. The summed E-state index contributed by atoms with van der Waals surface area (Å²) in [5, 5.41) is 11.5. The van der Waals surface area contributed by atoms with Gasteiger partial charge in [0.2, 0.25) is 5.91 Å². The summed E-state index contributed by atoms with van der Waals surface area (Å²) in [5.41, 5.74) is 0. The minimum Gasteiger partial charge on any atom is -0.481 e. The molecule has 4 nitrogen and oxygen atoms in total. The summed E-state index contributed by atoms with van der Waals surface area (Å²) in [6.45, 7) is 0.164. The third-order valence-electron chi connectivity index (χ3n) is 3.36. The van der Waals surface area contributed by atoms with Crippen LogP contribution in [0.3, 0.4) is 0 Å². The first-order chi connectivity index (χ1) is 8.81. The lowest BCUT2D eigenvalue weighted by atomic mass is 9.95. The maximum Gasteiger partial charge on any atom is 0.389 e. The Labute approximate surface area is 109 Å². The van der Waals surface area contributed by atoms with Crippen LogP contribution in [0.2, 0.25) is 0 Å². The van der Waals surface area contributed by atoms with Crippen molar-refractivity contribution < 1.29 is 27.9 Å². The van der Waals surface area contributed by atoms with E-state index in [0.29, 0.717) is 19.3 Å². The minimum absolute atomic E-state index is 0.0309. The van der Waals surface area contributed by atoms with Crippen molar-refractivity contribution in [2.24, 2.45) is 11.8 Å². The van der Waals surface area contributed by atoms with E-state index in [1.807, 2.05) is 0 Å². The molecule has 0 bridgehead atoms. The summed E-state index contributed by atoms with van der Waals surface area (Å²) in [6, 6.07) is 0. The van der Waals surface area contributed by atoms with E-state index in [1.54, 1.807) is 0 Å². The molecular formula is C12H18F3NO3. The standard InChI is InChI=1S/C12H18F3NO3/c13-12(14,15)6-1-2-7-16-10(17)8-4-3-5-9(8)11(18)19/h8-9H,1-7H2,(H,16,17)(H,18,19)/t8-,9+/m1/s1. The highest BCUT2D eigenvalue weighted by molar-refractivity contribution is 5.85. The molecule has 110 valence electrons. The van der Waals surface area contributed by atoms with Crippen molar-refractivity contribution in [2.45, 2.75) is 44.7 Å². The smallest absolute Gasteiger partial charge is 0.389 e. The van der Waals surface area contributed by atoms with Crippen molar-refractivity contribution in [1.82, 2.24) is 5.32 Å². The SMILES string of the molecule is O=C(O)[C@H]1CCC[C@H]1C(=O)NCCCCC(F)(F)F. The van der Waals surface area contributed by atoms with Crippen LogP contribution in [-0.2, 0) is 9.59 Å². The lowest BCUT2D eigenvalue weighted by Crippen LogP contribution is -2.35. The molecule has 19 heavy (non-hydrogen) atoms. The van der Waals surface area contributed by atoms with Gasteiger partial charge in [-0.15, -0.1) is 0 Å². The molecule has 1 amide bonds. The van der Waals surface area contributed by atoms with Crippen molar-refractivity contribution in [3.05, 3.63) is 0 Å². The molecule has 2 N–H and O–H groups in total. The number of unbranched alkanes of at least 4 members (excludes halogenated alkanes) is 1. The van der Waals surface area contributed by atoms with Gasteiger partial charge in [-0.1, -0.05) is 6.42 Å². The number of alkyl halides is 3. The molecule has 0 saturated heterocycles. The van der Waals surface area contributed by atoms with Crippen molar-refractivity contribution in [3.63, 3.8) is 0 Å². The number of carbonyl (C=O) groups is 2. The van der Waals surface area contributed by atoms with Crippen molar-refractivity contribution in [2.75, 3.05) is 6.54 Å². The third-order valence-corrected chi connectivity index (χ3v) is 3.36. The lowest BCUT2D eigenvalue weighted by Gasteiger charge is -2.15. The van der Waals surface area contributed by atoms with Crippen molar-refractivity contribution >= 4 is 11.9 Å². The number of carboxylic acid groups (broad SMARTS) is 1. The summed E-state index contributed by atoms with van der Waals surface area (Å²) in [5.74, 6) is -2.53. The van der Waals surface area contributed by atoms with Crippen LogP contribution >= 0.6 is 0 Å². The van der Waals surface area contributed by atoms with Gasteiger partial charge in [-0.3, -0.25) is 9.59 Å². The molecule has 0 aromatic carbocycles. The zero-order valence-electron chi connectivity index (χ0n) is 10.5. The predicted molar refractivity (Wildman–Crippen MR) is 61.4 cm³/mol. The zero-order valence-corrected chi connectivity index (χ0v) is 10.5. The maximum atomic E-state index is 11.9. The molecule has 0 radical (unpaired) electrons. The summed E-state index contributed by atoms with van der Waals surface area (Å²) in [6.07, 6.45) is -3.09. The maximum absolute atomic E-state index is 11.9. The van der Waals surface area contributed by atoms with Gasteiger partial charge >= 0.3 is 12.1 Å². The first kappa shape index (κ1) is 15.8. The van der Waals surface area contributed by atoms with Crippen LogP contribution in [0.4, 0.5) is 13.2 Å². The number of carboxylic acids is 1. The third kappa shape index (κ3) is 5.48. The topological polar surface area (TPSA) is 66.4 Å². The van der Waals surface area contributed by atoms with Crippen LogP contribution in [0, 0.1) is 11.8 Å². The van der Waals surface area contributed by atoms with Gasteiger partial charge in [-0.05, 0) is 25.7 Å². The Morgan fingerprint density at radius 1 is 1.16 bits per heavy atom. The van der Waals surface area contributed by atoms with E-state index in [9.17, 15) is 22.8 Å². The number of nitrogens with one attached hydrogen (secondary N) is 1. The summed E-state index contributed by atoms with van der Waals surface area (Å²) in [7, 11) is 0. The lowest BCUT2D eigenvalue weighted by molar-refractivity contribution is -0.146. The van der Waals surface area contributed by atoms with E-state index in [0.717, 1.165) is 0 Å². The van der Waals surface area contributed by atoms with Gasteiger partial charge < -0.3 is 10.4 Å². The van der Waals surface area contributed by atoms with Gasteiger partial charge in [-0.2, -0.15) is 13.2 Å². The fourth-order valence-electron chi connectivity index (χ4n) is 2.36. The van der Waals surface area contributed by atoms with Crippen LogP contribution in [0.5, 0.6) is 0 Å². The molecule has 1 rings (SSSR count). The van der Waals surface area contributed by atoms with E-state index < -0.39 is 30.4 Å². The van der Waals surface area contributed by atoms with Crippen LogP contribution < -0.4 is 5.32 Å². The normalized spacial score (nSPS) is 23.3. The highest BCUT2D eigenvalue weighted by Crippen LogP contribution is 2.32. The monoisotopic (exact) mass is 281 g/mol. The number of hydrogen-bond donors (Lipinski definition) is 2. The molecule has 0 aliphatic heterocycles. The van der Waals surface area contributed by atoms with E-state index in [1.165, 1.54) is 0 Å². The molecule has 0 aromatic rings. The van der Waals surface area contributed by atoms with Gasteiger partial charge in [0.15, 0.2) is 0 Å². The first-order valence-electron chi connectivity index (χ1n) is 6.38. The van der Waals surface area contributed by atoms with Crippen molar-refractivity contribution in [3.8, 4) is 0 Å². The Bertz CT molecular complexity index is 331. The number of carbonyl (C=O) groups excluding carboxylic acids is 1. The van der Waals surface area contributed by atoms with Gasteiger partial charge in [0.05, 0.1) is 11.8 Å². The Morgan fingerprint density at radius 3 is 2.37 bits per heavy atom. The number of aliphatic carboxylic acids is 1. The summed E-state index contributed by atoms with van der Waals surface area (Å²) >= 11 is 0. The van der Waals surface area contributed by atoms with Crippen LogP contribution in [0.1, 0.15) is 38.5 Å². The van der Waals surface area contributed by atoms with E-state index in [2.05, 4.69) is 5.32 Å². The second-order valence-corrected chi connectivity index (χ2v) is 4.85. The quantitative estimate of drug-likeness (QED) is 0.734. The molecule has 0 aromatic heterocycles. The molecule has 1 saturated carbocycles. The average molecular weight is 281 g/mol. The number of hydrogen-bond acceptors (Lipinski definition) is 2. The molecule has 1 fully saturated rings. The fourth-order valence-corrected chi connectivity index (χ4v) is 2.36. The Balaban J connectivity index is 2.22.